The SMILES string of the molecule is Cn1ncc2cc[n+](CCS(=O)(=O)[O-])nc21. The van der Waals surface area contributed by atoms with Crippen LogP contribution in [0, 0.1) is 0 Å². The van der Waals surface area contributed by atoms with Gasteiger partial charge in [0.2, 0.25) is 5.65 Å². The minimum atomic E-state index is -4.21. The second-order valence-corrected chi connectivity index (χ2v) is 4.91. The zero-order valence-electron chi connectivity index (χ0n) is 8.57. The van der Waals surface area contributed by atoms with Crippen LogP contribution in [0.25, 0.3) is 11.0 Å². The fourth-order valence-electron chi connectivity index (χ4n) is 1.34. The largest absolute Gasteiger partial charge is 0.748 e. The van der Waals surface area contributed by atoms with E-state index in [9.17, 15) is 13.0 Å². The summed E-state index contributed by atoms with van der Waals surface area (Å²) in [6.07, 6.45) is 3.28. The minimum Gasteiger partial charge on any atom is -0.748 e. The molecule has 0 aliphatic heterocycles. The highest BCUT2D eigenvalue weighted by Gasteiger charge is 2.10. The number of hydrogen-bond donors (Lipinski definition) is 0. The molecule has 0 spiro atoms. The summed E-state index contributed by atoms with van der Waals surface area (Å²) in [4.78, 5) is 0. The molecule has 0 radical (unpaired) electrons. The number of aryl methyl sites for hydroxylation is 2. The molecule has 0 aliphatic rings. The first-order chi connectivity index (χ1) is 7.46. The fourth-order valence-corrected chi connectivity index (χ4v) is 1.75. The third-order valence-corrected chi connectivity index (χ3v) is 2.84. The van der Waals surface area contributed by atoms with Crippen molar-refractivity contribution in [1.82, 2.24) is 14.9 Å². The molecule has 0 N–H and O–H groups in total. The number of rotatable bonds is 3. The van der Waals surface area contributed by atoms with Crippen LogP contribution < -0.4 is 4.68 Å². The van der Waals surface area contributed by atoms with Crippen LogP contribution in [0.15, 0.2) is 18.5 Å². The lowest BCUT2D eigenvalue weighted by Gasteiger charge is -2.02. The van der Waals surface area contributed by atoms with Gasteiger partial charge in [-0.25, -0.2) is 13.1 Å². The molecule has 16 heavy (non-hydrogen) atoms. The summed E-state index contributed by atoms with van der Waals surface area (Å²) in [6, 6.07) is 1.77. The normalized spacial score (nSPS) is 12.1. The molecule has 0 aromatic carbocycles. The summed E-state index contributed by atoms with van der Waals surface area (Å²) in [5, 5.41) is 9.02. The van der Waals surface area contributed by atoms with Crippen molar-refractivity contribution in [2.45, 2.75) is 6.54 Å². The van der Waals surface area contributed by atoms with E-state index in [0.717, 1.165) is 5.39 Å². The first-order valence-corrected chi connectivity index (χ1v) is 6.15. The summed E-state index contributed by atoms with van der Waals surface area (Å²) < 4.78 is 34.4. The monoisotopic (exact) mass is 242 g/mol. The summed E-state index contributed by atoms with van der Waals surface area (Å²) >= 11 is 0. The van der Waals surface area contributed by atoms with Gasteiger partial charge in [-0.2, -0.15) is 5.10 Å². The van der Waals surface area contributed by atoms with E-state index in [1.807, 2.05) is 0 Å². The average Bonchev–Trinajstić information content (AvgIpc) is 2.56. The Kier molecular flexibility index (Phi) is 2.60. The van der Waals surface area contributed by atoms with Crippen molar-refractivity contribution < 1.29 is 17.7 Å². The van der Waals surface area contributed by atoms with Gasteiger partial charge in [-0.3, -0.25) is 0 Å². The Bertz CT molecular complexity index is 619. The molecule has 2 aromatic heterocycles. The molecule has 2 heterocycles. The quantitative estimate of drug-likeness (QED) is 0.498. The molecule has 2 rings (SSSR count). The van der Waals surface area contributed by atoms with Gasteiger partial charge in [0, 0.05) is 18.2 Å². The second-order valence-electron chi connectivity index (χ2n) is 3.39. The fraction of sp³-hybridized carbons (Fsp3) is 0.375. The topological polar surface area (TPSA) is 91.8 Å². The van der Waals surface area contributed by atoms with Crippen LogP contribution in [-0.2, 0) is 23.7 Å². The first-order valence-electron chi connectivity index (χ1n) is 4.58. The van der Waals surface area contributed by atoms with Crippen molar-refractivity contribution in [3.63, 3.8) is 0 Å². The Hall–Kier alpha value is -1.54. The van der Waals surface area contributed by atoms with Gasteiger partial charge in [0.25, 0.3) is 0 Å². The molecular weight excluding hydrogens is 232 g/mol. The Labute approximate surface area is 92.1 Å². The predicted molar refractivity (Wildman–Crippen MR) is 53.3 cm³/mol. The molecular formula is C8H10N4O3S. The molecule has 0 aliphatic carbocycles. The predicted octanol–water partition coefficient (Wildman–Crippen LogP) is -1.20. The maximum absolute atomic E-state index is 10.5. The summed E-state index contributed by atoms with van der Waals surface area (Å²) in [6.45, 7) is 0.0486. The number of fused-ring (bicyclic) bond motifs is 1. The number of nitrogens with zero attached hydrogens (tertiary/aromatic N) is 4. The van der Waals surface area contributed by atoms with Gasteiger partial charge >= 0.3 is 0 Å². The molecule has 0 bridgehead atoms. The van der Waals surface area contributed by atoms with Gasteiger partial charge in [-0.05, 0) is 0 Å². The van der Waals surface area contributed by atoms with Crippen LogP contribution in [0.5, 0.6) is 0 Å². The van der Waals surface area contributed by atoms with E-state index in [4.69, 9.17) is 0 Å². The van der Waals surface area contributed by atoms with E-state index in [1.165, 1.54) is 4.68 Å². The molecule has 0 saturated carbocycles. The van der Waals surface area contributed by atoms with Crippen molar-refractivity contribution in [2.24, 2.45) is 7.05 Å². The van der Waals surface area contributed by atoms with E-state index >= 15 is 0 Å². The van der Waals surface area contributed by atoms with E-state index in [-0.39, 0.29) is 6.54 Å². The number of aromatic nitrogens is 4. The summed E-state index contributed by atoms with van der Waals surface area (Å²) in [7, 11) is -2.47. The Morgan fingerprint density at radius 3 is 3.00 bits per heavy atom. The lowest BCUT2D eigenvalue weighted by Crippen LogP contribution is -2.40. The average molecular weight is 242 g/mol. The zero-order valence-corrected chi connectivity index (χ0v) is 9.38. The third kappa shape index (κ3) is 2.34. The highest BCUT2D eigenvalue weighted by atomic mass is 32.2. The van der Waals surface area contributed by atoms with Crippen LogP contribution in [0.1, 0.15) is 0 Å². The van der Waals surface area contributed by atoms with Crippen molar-refractivity contribution in [2.75, 3.05) is 5.75 Å². The Morgan fingerprint density at radius 1 is 1.56 bits per heavy atom. The zero-order chi connectivity index (χ0) is 11.8. The van der Waals surface area contributed by atoms with Gasteiger partial charge in [-0.15, -0.1) is 0 Å². The van der Waals surface area contributed by atoms with Crippen LogP contribution in [0.3, 0.4) is 0 Å². The molecule has 8 heteroatoms. The summed E-state index contributed by atoms with van der Waals surface area (Å²) in [5.41, 5.74) is 0.644. The highest BCUT2D eigenvalue weighted by molar-refractivity contribution is 7.85. The van der Waals surface area contributed by atoms with Gasteiger partial charge in [0.15, 0.2) is 12.7 Å². The lowest BCUT2D eigenvalue weighted by molar-refractivity contribution is -0.748. The van der Waals surface area contributed by atoms with Crippen molar-refractivity contribution in [3.05, 3.63) is 18.5 Å². The van der Waals surface area contributed by atoms with Gasteiger partial charge in [0.1, 0.15) is 10.1 Å². The van der Waals surface area contributed by atoms with Gasteiger partial charge < -0.3 is 4.55 Å². The van der Waals surface area contributed by atoms with Gasteiger partial charge in [0.05, 0.1) is 17.3 Å². The van der Waals surface area contributed by atoms with Crippen molar-refractivity contribution in [3.8, 4) is 0 Å². The summed E-state index contributed by atoms with van der Waals surface area (Å²) in [5.74, 6) is -0.464. The molecule has 2 aromatic rings. The maximum Gasteiger partial charge on any atom is 0.225 e. The van der Waals surface area contributed by atoms with E-state index < -0.39 is 15.9 Å². The Morgan fingerprint density at radius 2 is 2.31 bits per heavy atom. The maximum atomic E-state index is 10.5. The second kappa shape index (κ2) is 3.80. The molecule has 0 saturated heterocycles. The lowest BCUT2D eigenvalue weighted by atomic mass is 10.4. The first kappa shape index (κ1) is 11.0. The molecule has 0 fully saturated rings. The van der Waals surface area contributed by atoms with Crippen molar-refractivity contribution in [1.29, 1.82) is 0 Å². The van der Waals surface area contributed by atoms with Crippen molar-refractivity contribution >= 4 is 21.2 Å². The smallest absolute Gasteiger partial charge is 0.225 e. The third-order valence-electron chi connectivity index (χ3n) is 2.15. The van der Waals surface area contributed by atoms with E-state index in [2.05, 4.69) is 10.2 Å². The highest BCUT2D eigenvalue weighted by Crippen LogP contribution is 2.05. The molecule has 0 amide bonds. The van der Waals surface area contributed by atoms with Crippen LogP contribution in [0.2, 0.25) is 0 Å². The van der Waals surface area contributed by atoms with Crippen LogP contribution in [-0.4, -0.2) is 33.6 Å². The van der Waals surface area contributed by atoms with Crippen LogP contribution >= 0.6 is 0 Å². The van der Waals surface area contributed by atoms with E-state index in [0.29, 0.717) is 5.65 Å². The van der Waals surface area contributed by atoms with E-state index in [1.54, 1.807) is 30.2 Å². The Balaban J connectivity index is 2.29. The molecule has 0 unspecified atom stereocenters. The number of hydrogen-bond acceptors (Lipinski definition) is 5. The van der Waals surface area contributed by atoms with Crippen LogP contribution in [0.4, 0.5) is 0 Å². The minimum absolute atomic E-state index is 0.0486. The molecule has 0 atom stereocenters. The standard InChI is InChI=1S/C8H10N4O3S/c1-11-8-7(6-9-11)2-3-12(10-8)4-5-16(13,14)15/h2-3,6H,4-5H2,1H3. The molecule has 86 valence electrons. The van der Waals surface area contributed by atoms with Gasteiger partial charge in [-0.1, -0.05) is 4.68 Å². The molecule has 7 nitrogen and oxygen atoms in total.